The first-order valence-corrected chi connectivity index (χ1v) is 29.4. The fourth-order valence-electron chi connectivity index (χ4n) is 8.19. The Bertz CT molecular complexity index is 1150. The molecule has 0 spiro atoms. The van der Waals surface area contributed by atoms with Crippen LogP contribution in [0.15, 0.2) is 36.5 Å². The van der Waals surface area contributed by atoms with E-state index >= 15 is 0 Å². The molecule has 8 nitrogen and oxygen atoms in total. The van der Waals surface area contributed by atoms with Crippen LogP contribution in [-0.4, -0.2) is 73.4 Å². The number of carbonyl (C=O) groups is 1. The number of rotatable bonds is 51. The zero-order valence-corrected chi connectivity index (χ0v) is 44.6. The number of carbonyl (C=O) groups excluding carboxylic acids is 1. The molecule has 9 heteroatoms. The van der Waals surface area contributed by atoms with Crippen LogP contribution >= 0.6 is 7.82 Å². The molecule has 0 aliphatic heterocycles. The van der Waals surface area contributed by atoms with E-state index < -0.39 is 20.0 Å². The van der Waals surface area contributed by atoms with E-state index in [0.717, 1.165) is 44.9 Å². The summed E-state index contributed by atoms with van der Waals surface area (Å²) in [6.45, 7) is 4.81. The number of hydrogen-bond acceptors (Lipinski definition) is 5. The summed E-state index contributed by atoms with van der Waals surface area (Å²) in [7, 11) is 1.55. The minimum atomic E-state index is -4.35. The third-order valence-corrected chi connectivity index (χ3v) is 13.6. The summed E-state index contributed by atoms with van der Waals surface area (Å²) in [5.41, 5.74) is 0. The molecule has 0 saturated carbocycles. The van der Waals surface area contributed by atoms with E-state index in [9.17, 15) is 19.4 Å². The fourth-order valence-corrected chi connectivity index (χ4v) is 8.93. The minimum absolute atomic E-state index is 0.0548. The Balaban J connectivity index is 4.19. The normalized spacial score (nSPS) is 14.3. The third kappa shape index (κ3) is 50.4. The lowest BCUT2D eigenvalue weighted by molar-refractivity contribution is -0.870. The second-order valence-electron chi connectivity index (χ2n) is 20.3. The Kier molecular flexibility index (Phi) is 46.8. The van der Waals surface area contributed by atoms with Gasteiger partial charge in [0.1, 0.15) is 13.2 Å². The van der Waals surface area contributed by atoms with Crippen LogP contribution in [0.5, 0.6) is 0 Å². The maximum Gasteiger partial charge on any atom is 0.472 e. The zero-order valence-electron chi connectivity index (χ0n) is 43.7. The second kappa shape index (κ2) is 47.8. The lowest BCUT2D eigenvalue weighted by Crippen LogP contribution is -2.45. The number of likely N-dealkylation sites (N-methyl/N-ethyl adjacent to an activating group) is 1. The maximum absolute atomic E-state index is 12.9. The lowest BCUT2D eigenvalue weighted by Gasteiger charge is -2.25. The van der Waals surface area contributed by atoms with Crippen LogP contribution in [0.4, 0.5) is 0 Å². The lowest BCUT2D eigenvalue weighted by atomic mass is 10.0. The van der Waals surface area contributed by atoms with Crippen molar-refractivity contribution in [3.05, 3.63) is 36.5 Å². The highest BCUT2D eigenvalue weighted by Crippen LogP contribution is 2.43. The summed E-state index contributed by atoms with van der Waals surface area (Å²) in [5.74, 6) is -0.189. The number of nitrogens with one attached hydrogen (secondary N) is 1. The van der Waals surface area contributed by atoms with Gasteiger partial charge in [-0.25, -0.2) is 4.57 Å². The first-order chi connectivity index (χ1) is 31.5. The maximum atomic E-state index is 12.9. The molecule has 384 valence electrons. The number of unbranched alkanes of at least 4 members (excludes halogenated alkanes) is 34. The molecular formula is C56H110N2O6P+. The SMILES string of the molecule is CCCCCCCCCCCCCCCCCCCCCC/C=C/CC/C=C/CC/C=C/C(O)C(COP(=O)(O)OCC[N+](C)(C)C)NC(=O)CCCCCCCCCCCCCCC. The topological polar surface area (TPSA) is 105 Å². The number of aliphatic hydroxyl groups excluding tert-OH is 1. The molecule has 0 heterocycles. The van der Waals surface area contributed by atoms with Gasteiger partial charge in [0, 0.05) is 6.42 Å². The van der Waals surface area contributed by atoms with Gasteiger partial charge in [-0.15, -0.1) is 0 Å². The van der Waals surface area contributed by atoms with Crippen molar-refractivity contribution in [1.82, 2.24) is 5.32 Å². The average molecular weight is 938 g/mol. The quantitative estimate of drug-likeness (QED) is 0.0243. The number of nitrogens with zero attached hydrogens (tertiary/aromatic N) is 1. The average Bonchev–Trinajstić information content (AvgIpc) is 3.26. The van der Waals surface area contributed by atoms with Crippen LogP contribution in [0.1, 0.15) is 264 Å². The monoisotopic (exact) mass is 938 g/mol. The van der Waals surface area contributed by atoms with Gasteiger partial charge in [0.25, 0.3) is 0 Å². The minimum Gasteiger partial charge on any atom is -0.387 e. The standard InChI is InChI=1S/C56H109N2O6P/c1-6-8-10-12-14-16-18-20-21-22-23-24-25-26-27-28-29-30-31-32-33-34-35-36-38-39-41-43-45-47-49-55(59)54(53-64-65(61,62)63-52-51-58(3,4)5)57-56(60)50-48-46-44-42-40-37-19-17-15-13-11-9-7-2/h34-35,39,41,47,49,54-55,59H,6-33,36-38,40,42-46,48,50-53H2,1-5H3,(H-,57,60,61,62)/p+1/b35-34+,41-39+,49-47+. The molecule has 3 unspecified atom stereocenters. The number of amides is 1. The van der Waals surface area contributed by atoms with Crippen LogP contribution < -0.4 is 5.32 Å². The van der Waals surface area contributed by atoms with Gasteiger partial charge in [0.15, 0.2) is 0 Å². The highest BCUT2D eigenvalue weighted by atomic mass is 31.2. The zero-order chi connectivity index (χ0) is 47.8. The molecule has 0 aromatic carbocycles. The van der Waals surface area contributed by atoms with Crippen LogP contribution in [0, 0.1) is 0 Å². The largest absolute Gasteiger partial charge is 0.472 e. The molecule has 0 radical (unpaired) electrons. The van der Waals surface area contributed by atoms with Crippen molar-refractivity contribution in [3.63, 3.8) is 0 Å². The van der Waals surface area contributed by atoms with Gasteiger partial charge < -0.3 is 19.8 Å². The third-order valence-electron chi connectivity index (χ3n) is 12.6. The molecule has 65 heavy (non-hydrogen) atoms. The van der Waals surface area contributed by atoms with E-state index in [1.165, 1.54) is 199 Å². The Morgan fingerprint density at radius 2 is 0.846 bits per heavy atom. The molecule has 0 fully saturated rings. The van der Waals surface area contributed by atoms with Crippen LogP contribution in [0.25, 0.3) is 0 Å². The van der Waals surface area contributed by atoms with E-state index in [2.05, 4.69) is 43.5 Å². The number of phosphoric acid groups is 1. The van der Waals surface area contributed by atoms with Gasteiger partial charge in [0.05, 0.1) is 39.9 Å². The number of quaternary nitrogens is 1. The number of aliphatic hydroxyl groups is 1. The molecule has 3 N–H and O–H groups in total. The molecule has 0 aliphatic rings. The molecule has 1 amide bonds. The fraction of sp³-hybridized carbons (Fsp3) is 0.875. The predicted octanol–water partition coefficient (Wildman–Crippen LogP) is 16.6. The van der Waals surface area contributed by atoms with Crippen LogP contribution in [0.3, 0.4) is 0 Å². The van der Waals surface area contributed by atoms with E-state index in [-0.39, 0.29) is 19.1 Å². The van der Waals surface area contributed by atoms with Gasteiger partial charge in [0.2, 0.25) is 5.91 Å². The van der Waals surface area contributed by atoms with Gasteiger partial charge in [-0.1, -0.05) is 249 Å². The van der Waals surface area contributed by atoms with Crippen LogP contribution in [0.2, 0.25) is 0 Å². The van der Waals surface area contributed by atoms with Crippen molar-refractivity contribution >= 4 is 13.7 Å². The second-order valence-corrected chi connectivity index (χ2v) is 21.8. The van der Waals surface area contributed by atoms with E-state index in [0.29, 0.717) is 17.4 Å². The van der Waals surface area contributed by atoms with E-state index in [4.69, 9.17) is 9.05 Å². The summed E-state index contributed by atoms with van der Waals surface area (Å²) >= 11 is 0. The van der Waals surface area contributed by atoms with Crippen molar-refractivity contribution in [3.8, 4) is 0 Å². The molecule has 0 bridgehead atoms. The molecule has 3 atom stereocenters. The first-order valence-electron chi connectivity index (χ1n) is 27.9. The Morgan fingerprint density at radius 3 is 1.23 bits per heavy atom. The van der Waals surface area contributed by atoms with E-state index in [1.807, 2.05) is 27.2 Å². The van der Waals surface area contributed by atoms with Crippen molar-refractivity contribution in [2.24, 2.45) is 0 Å². The van der Waals surface area contributed by atoms with Gasteiger partial charge >= 0.3 is 7.82 Å². The number of allylic oxidation sites excluding steroid dienone is 5. The van der Waals surface area contributed by atoms with Gasteiger partial charge in [-0.3, -0.25) is 13.8 Å². The Morgan fingerprint density at radius 1 is 0.508 bits per heavy atom. The van der Waals surface area contributed by atoms with Crippen LogP contribution in [-0.2, 0) is 18.4 Å². The first kappa shape index (κ1) is 63.7. The van der Waals surface area contributed by atoms with Gasteiger partial charge in [-0.2, -0.15) is 0 Å². The Labute approximate surface area is 404 Å². The predicted molar refractivity (Wildman–Crippen MR) is 281 cm³/mol. The van der Waals surface area contributed by atoms with Crippen molar-refractivity contribution in [2.75, 3.05) is 40.9 Å². The summed E-state index contributed by atoms with van der Waals surface area (Å²) in [5, 5.41) is 13.9. The summed E-state index contributed by atoms with van der Waals surface area (Å²) in [4.78, 5) is 23.2. The van der Waals surface area contributed by atoms with Crippen molar-refractivity contribution < 1.29 is 32.9 Å². The molecule has 0 saturated heterocycles. The number of phosphoric ester groups is 1. The Hall–Kier alpha value is -1.28. The molecule has 0 aromatic heterocycles. The van der Waals surface area contributed by atoms with Crippen molar-refractivity contribution in [2.45, 2.75) is 276 Å². The van der Waals surface area contributed by atoms with Gasteiger partial charge in [-0.05, 0) is 44.9 Å². The summed E-state index contributed by atoms with van der Waals surface area (Å²) < 4.78 is 23.6. The molecule has 0 rings (SSSR count). The molecule has 0 aliphatic carbocycles. The molecular weight excluding hydrogens is 828 g/mol. The summed E-state index contributed by atoms with van der Waals surface area (Å²) in [6, 6.07) is -0.866. The highest BCUT2D eigenvalue weighted by molar-refractivity contribution is 7.47. The van der Waals surface area contributed by atoms with E-state index in [1.54, 1.807) is 6.08 Å². The highest BCUT2D eigenvalue weighted by Gasteiger charge is 2.27. The molecule has 0 aromatic rings. The smallest absolute Gasteiger partial charge is 0.387 e. The van der Waals surface area contributed by atoms with Crippen molar-refractivity contribution in [1.29, 1.82) is 0 Å². The summed E-state index contributed by atoms with van der Waals surface area (Å²) in [6.07, 6.45) is 61.2. The number of hydrogen-bond donors (Lipinski definition) is 3.